The Bertz CT molecular complexity index is 491. The van der Waals surface area contributed by atoms with Gasteiger partial charge in [0.25, 0.3) is 11.5 Å². The second-order valence-electron chi connectivity index (χ2n) is 4.90. The van der Waals surface area contributed by atoms with Gasteiger partial charge in [0.15, 0.2) is 0 Å². The van der Waals surface area contributed by atoms with Gasteiger partial charge in [0.1, 0.15) is 5.56 Å². The zero-order valence-corrected chi connectivity index (χ0v) is 12.3. The highest BCUT2D eigenvalue weighted by Crippen LogP contribution is 2.10. The van der Waals surface area contributed by atoms with Gasteiger partial charge in [-0.25, -0.2) is 0 Å². The predicted molar refractivity (Wildman–Crippen MR) is 77.7 cm³/mol. The first-order valence-electron chi connectivity index (χ1n) is 7.09. The number of carbonyl (C=O) groups is 1. The van der Waals surface area contributed by atoms with Crippen molar-refractivity contribution in [1.82, 2.24) is 10.3 Å². The summed E-state index contributed by atoms with van der Waals surface area (Å²) in [5, 5.41) is 2.83. The van der Waals surface area contributed by atoms with E-state index < -0.39 is 0 Å². The summed E-state index contributed by atoms with van der Waals surface area (Å²) in [4.78, 5) is 26.8. The number of hydrogen-bond acceptors (Lipinski definition) is 2. The van der Waals surface area contributed by atoms with Gasteiger partial charge >= 0.3 is 0 Å². The van der Waals surface area contributed by atoms with Crippen molar-refractivity contribution in [3.63, 3.8) is 0 Å². The van der Waals surface area contributed by atoms with Crippen LogP contribution in [-0.2, 0) is 12.8 Å². The molecule has 0 bridgehead atoms. The number of hydrogen-bond donors (Lipinski definition) is 2. The lowest BCUT2D eigenvalue weighted by Gasteiger charge is -2.13. The van der Waals surface area contributed by atoms with Crippen molar-refractivity contribution in [1.29, 1.82) is 0 Å². The molecule has 0 spiro atoms. The van der Waals surface area contributed by atoms with Crippen LogP contribution in [0.1, 0.15) is 62.2 Å². The fourth-order valence-corrected chi connectivity index (χ4v) is 1.99. The summed E-state index contributed by atoms with van der Waals surface area (Å²) in [6.07, 6.45) is 3.49. The van der Waals surface area contributed by atoms with Gasteiger partial charge in [-0.3, -0.25) is 9.59 Å². The standard InChI is InChI=1S/C15H24N2O2/c1-5-8-11-9-12(14(18)16-10(4)6-2)15(19)17-13(11)7-3/h9-10H,5-8H2,1-4H3,(H,16,18)(H,17,19)/t10-/m0/s1. The average Bonchev–Trinajstić information content (AvgIpc) is 2.40. The Morgan fingerprint density at radius 3 is 2.58 bits per heavy atom. The van der Waals surface area contributed by atoms with Crippen LogP contribution >= 0.6 is 0 Å². The molecule has 19 heavy (non-hydrogen) atoms. The number of aromatic nitrogens is 1. The minimum Gasteiger partial charge on any atom is -0.349 e. The van der Waals surface area contributed by atoms with E-state index in [1.54, 1.807) is 6.07 Å². The predicted octanol–water partition coefficient (Wildman–Crippen LogP) is 2.42. The van der Waals surface area contributed by atoms with Gasteiger partial charge in [0.2, 0.25) is 0 Å². The molecule has 0 unspecified atom stereocenters. The topological polar surface area (TPSA) is 62.0 Å². The van der Waals surface area contributed by atoms with Gasteiger partial charge in [-0.05, 0) is 37.8 Å². The van der Waals surface area contributed by atoms with Crippen molar-refractivity contribution in [2.75, 3.05) is 0 Å². The van der Waals surface area contributed by atoms with Crippen molar-refractivity contribution in [2.45, 2.75) is 59.4 Å². The summed E-state index contributed by atoms with van der Waals surface area (Å²) in [5.41, 5.74) is 1.93. The molecule has 0 aromatic carbocycles. The molecule has 0 aliphatic heterocycles. The molecule has 4 nitrogen and oxygen atoms in total. The average molecular weight is 264 g/mol. The van der Waals surface area contributed by atoms with Crippen molar-refractivity contribution >= 4 is 5.91 Å². The SMILES string of the molecule is CCCc1cc(C(=O)N[C@@H](C)CC)c(=O)[nH]c1CC. The number of rotatable bonds is 6. The van der Waals surface area contributed by atoms with E-state index in [0.29, 0.717) is 0 Å². The van der Waals surface area contributed by atoms with Gasteiger partial charge in [0, 0.05) is 11.7 Å². The van der Waals surface area contributed by atoms with Crippen LogP contribution in [0.3, 0.4) is 0 Å². The number of aromatic amines is 1. The smallest absolute Gasteiger partial charge is 0.261 e. The third-order valence-corrected chi connectivity index (χ3v) is 3.32. The first-order chi connectivity index (χ1) is 9.03. The Hall–Kier alpha value is -1.58. The molecule has 1 atom stereocenters. The Morgan fingerprint density at radius 2 is 2.05 bits per heavy atom. The summed E-state index contributed by atoms with van der Waals surface area (Å²) >= 11 is 0. The molecule has 1 aromatic rings. The molecule has 4 heteroatoms. The van der Waals surface area contributed by atoms with E-state index >= 15 is 0 Å². The molecule has 1 aromatic heterocycles. The van der Waals surface area contributed by atoms with Crippen LogP contribution in [0, 0.1) is 0 Å². The van der Waals surface area contributed by atoms with Crippen LogP contribution in [0.25, 0.3) is 0 Å². The second kappa shape index (κ2) is 7.12. The highest BCUT2D eigenvalue weighted by molar-refractivity contribution is 5.94. The van der Waals surface area contributed by atoms with E-state index in [1.165, 1.54) is 0 Å². The summed E-state index contributed by atoms with van der Waals surface area (Å²) in [5.74, 6) is -0.282. The third-order valence-electron chi connectivity index (χ3n) is 3.32. The molecule has 106 valence electrons. The minimum atomic E-state index is -0.294. The van der Waals surface area contributed by atoms with Gasteiger partial charge < -0.3 is 10.3 Å². The van der Waals surface area contributed by atoms with Crippen molar-refractivity contribution in [3.8, 4) is 0 Å². The van der Waals surface area contributed by atoms with Crippen LogP contribution in [0.4, 0.5) is 0 Å². The summed E-state index contributed by atoms with van der Waals surface area (Å²) in [6.45, 7) is 8.02. The van der Waals surface area contributed by atoms with Gasteiger partial charge in [-0.1, -0.05) is 27.2 Å². The van der Waals surface area contributed by atoms with Gasteiger partial charge in [-0.2, -0.15) is 0 Å². The molecule has 0 saturated heterocycles. The molecule has 1 amide bonds. The van der Waals surface area contributed by atoms with E-state index in [0.717, 1.165) is 36.9 Å². The first kappa shape index (κ1) is 15.5. The molecule has 1 rings (SSSR count). The van der Waals surface area contributed by atoms with Crippen LogP contribution in [-0.4, -0.2) is 16.9 Å². The largest absolute Gasteiger partial charge is 0.349 e. The maximum Gasteiger partial charge on any atom is 0.261 e. The molecule has 0 aliphatic rings. The van der Waals surface area contributed by atoms with Crippen molar-refractivity contribution in [3.05, 3.63) is 33.2 Å². The van der Waals surface area contributed by atoms with E-state index in [-0.39, 0.29) is 23.1 Å². The lowest BCUT2D eigenvalue weighted by Crippen LogP contribution is -2.36. The summed E-state index contributed by atoms with van der Waals surface area (Å²) in [7, 11) is 0. The fraction of sp³-hybridized carbons (Fsp3) is 0.600. The molecule has 0 aliphatic carbocycles. The quantitative estimate of drug-likeness (QED) is 0.829. The molecule has 0 radical (unpaired) electrons. The lowest BCUT2D eigenvalue weighted by molar-refractivity contribution is 0.0937. The number of pyridine rings is 1. The Labute approximate surface area is 114 Å². The summed E-state index contributed by atoms with van der Waals surface area (Å²) < 4.78 is 0. The molecule has 2 N–H and O–H groups in total. The van der Waals surface area contributed by atoms with E-state index in [9.17, 15) is 9.59 Å². The van der Waals surface area contributed by atoms with E-state index in [1.807, 2.05) is 20.8 Å². The number of nitrogens with one attached hydrogen (secondary N) is 2. The van der Waals surface area contributed by atoms with Gasteiger partial charge in [0.05, 0.1) is 0 Å². The highest BCUT2D eigenvalue weighted by atomic mass is 16.2. The third kappa shape index (κ3) is 3.94. The Kier molecular flexibility index (Phi) is 5.80. The fourth-order valence-electron chi connectivity index (χ4n) is 1.99. The Balaban J connectivity index is 3.10. The first-order valence-corrected chi connectivity index (χ1v) is 7.09. The highest BCUT2D eigenvalue weighted by Gasteiger charge is 2.15. The summed E-state index contributed by atoms with van der Waals surface area (Å²) in [6, 6.07) is 1.83. The van der Waals surface area contributed by atoms with Crippen molar-refractivity contribution in [2.24, 2.45) is 0 Å². The zero-order valence-electron chi connectivity index (χ0n) is 12.3. The van der Waals surface area contributed by atoms with E-state index in [4.69, 9.17) is 0 Å². The lowest BCUT2D eigenvalue weighted by atomic mass is 10.0. The van der Waals surface area contributed by atoms with Crippen molar-refractivity contribution < 1.29 is 4.79 Å². The number of carbonyl (C=O) groups excluding carboxylic acids is 1. The number of aryl methyl sites for hydroxylation is 2. The monoisotopic (exact) mass is 264 g/mol. The van der Waals surface area contributed by atoms with Crippen LogP contribution in [0.5, 0.6) is 0 Å². The molecule has 1 heterocycles. The minimum absolute atomic E-state index is 0.0763. The zero-order chi connectivity index (χ0) is 14.4. The molecule has 0 saturated carbocycles. The molecular formula is C15H24N2O2. The molecular weight excluding hydrogens is 240 g/mol. The van der Waals surface area contributed by atoms with Crippen LogP contribution in [0.15, 0.2) is 10.9 Å². The number of H-pyrrole nitrogens is 1. The molecule has 0 fully saturated rings. The Morgan fingerprint density at radius 1 is 1.37 bits per heavy atom. The van der Waals surface area contributed by atoms with Crippen LogP contribution in [0.2, 0.25) is 0 Å². The number of amides is 1. The van der Waals surface area contributed by atoms with Gasteiger partial charge in [-0.15, -0.1) is 0 Å². The normalized spacial score (nSPS) is 12.2. The maximum atomic E-state index is 12.1. The van der Waals surface area contributed by atoms with E-state index in [2.05, 4.69) is 17.2 Å². The second-order valence-corrected chi connectivity index (χ2v) is 4.90. The maximum absolute atomic E-state index is 12.1. The van der Waals surface area contributed by atoms with Crippen LogP contribution < -0.4 is 10.9 Å².